The number of carboxylic acid groups (broad SMARTS) is 1. The number of benzene rings is 1. The fourth-order valence-corrected chi connectivity index (χ4v) is 6.55. The van der Waals surface area contributed by atoms with Crippen LogP contribution in [0.4, 0.5) is 4.79 Å². The van der Waals surface area contributed by atoms with Gasteiger partial charge in [-0.3, -0.25) is 14.5 Å². The maximum absolute atomic E-state index is 13.8. The van der Waals surface area contributed by atoms with Crippen molar-refractivity contribution >= 4 is 17.9 Å². The SMILES string of the molecule is CCCCN(CCC[N+](C)(C)C)C(=O)CN1C[C@H](c2ccc3c(c2)CCO3)[C@@H](C(=O)O)[C@@H]1CCN1CCN(C)C1=O. The molecular weight excluding hydrogens is 522 g/mol. The fourth-order valence-electron chi connectivity index (χ4n) is 6.55. The van der Waals surface area contributed by atoms with E-state index in [1.165, 1.54) is 0 Å². The molecule has 2 fully saturated rings. The number of ether oxygens (including phenoxy) is 1. The van der Waals surface area contributed by atoms with Gasteiger partial charge in [0.05, 0.1) is 46.8 Å². The standard InChI is InChI=1S/C31H49N5O5/c1-6-7-13-33(14-8-18-36(3,4)5)28(37)22-35-21-25(23-9-10-27-24(20-23)12-19-41-27)29(30(38)39)26(35)11-15-34-17-16-32(2)31(34)40/h9-10,20,25-26,29H,6-8,11-19,21-22H2,1-5H3/p+1/t25-,26+,29-/m1/s1. The molecule has 4 rings (SSSR count). The molecule has 0 bridgehead atoms. The van der Waals surface area contributed by atoms with Gasteiger partial charge in [0.25, 0.3) is 0 Å². The highest BCUT2D eigenvalue weighted by Crippen LogP contribution is 2.41. The van der Waals surface area contributed by atoms with Crippen molar-refractivity contribution in [1.29, 1.82) is 0 Å². The fraction of sp³-hybridized carbons (Fsp3) is 0.710. The van der Waals surface area contributed by atoms with Crippen molar-refractivity contribution in [3.63, 3.8) is 0 Å². The molecule has 3 aliphatic rings. The molecule has 2 saturated heterocycles. The summed E-state index contributed by atoms with van der Waals surface area (Å²) in [5.74, 6) is -0.813. The van der Waals surface area contributed by atoms with Crippen LogP contribution in [-0.2, 0) is 16.0 Å². The average molecular weight is 573 g/mol. The topological polar surface area (TPSA) is 93.6 Å². The van der Waals surface area contributed by atoms with Crippen LogP contribution in [0.2, 0.25) is 0 Å². The average Bonchev–Trinajstić information content (AvgIpc) is 3.61. The molecule has 0 spiro atoms. The lowest BCUT2D eigenvalue weighted by molar-refractivity contribution is -0.870. The lowest BCUT2D eigenvalue weighted by Gasteiger charge is -2.31. The van der Waals surface area contributed by atoms with Crippen LogP contribution in [0.5, 0.6) is 5.75 Å². The van der Waals surface area contributed by atoms with Crippen LogP contribution >= 0.6 is 0 Å². The first kappa shape index (κ1) is 31.1. The number of rotatable bonds is 14. The molecule has 3 atom stereocenters. The minimum atomic E-state index is -0.845. The summed E-state index contributed by atoms with van der Waals surface area (Å²) in [4.78, 5) is 46.8. The summed E-state index contributed by atoms with van der Waals surface area (Å²) < 4.78 is 6.54. The van der Waals surface area contributed by atoms with Gasteiger partial charge < -0.3 is 29.0 Å². The van der Waals surface area contributed by atoms with Gasteiger partial charge in [-0.25, -0.2) is 4.79 Å². The van der Waals surface area contributed by atoms with Crippen LogP contribution in [0.15, 0.2) is 18.2 Å². The molecule has 3 heterocycles. The van der Waals surface area contributed by atoms with Gasteiger partial charge in [-0.15, -0.1) is 0 Å². The number of likely N-dealkylation sites (tertiary alicyclic amines) is 1. The first-order valence-corrected chi connectivity index (χ1v) is 15.3. The molecule has 1 N–H and O–H groups in total. The summed E-state index contributed by atoms with van der Waals surface area (Å²) in [5.41, 5.74) is 2.11. The van der Waals surface area contributed by atoms with Crippen LogP contribution in [0.1, 0.15) is 49.7 Å². The van der Waals surface area contributed by atoms with E-state index in [4.69, 9.17) is 4.74 Å². The number of hydrogen-bond donors (Lipinski definition) is 1. The van der Waals surface area contributed by atoms with E-state index < -0.39 is 11.9 Å². The molecule has 41 heavy (non-hydrogen) atoms. The van der Waals surface area contributed by atoms with Crippen LogP contribution in [-0.4, -0.2) is 140 Å². The quantitative estimate of drug-likeness (QED) is 0.345. The monoisotopic (exact) mass is 572 g/mol. The second-order valence-electron chi connectivity index (χ2n) is 13.0. The Labute approximate surface area is 245 Å². The molecule has 0 aliphatic carbocycles. The van der Waals surface area contributed by atoms with Crippen molar-refractivity contribution in [2.45, 2.75) is 51.0 Å². The molecule has 10 heteroatoms. The summed E-state index contributed by atoms with van der Waals surface area (Å²) in [6.45, 7) is 7.68. The Morgan fingerprint density at radius 1 is 1.15 bits per heavy atom. The van der Waals surface area contributed by atoms with Gasteiger partial charge in [-0.2, -0.15) is 0 Å². The van der Waals surface area contributed by atoms with Gasteiger partial charge in [-0.1, -0.05) is 25.5 Å². The van der Waals surface area contributed by atoms with E-state index in [-0.39, 0.29) is 30.4 Å². The second kappa shape index (κ2) is 13.4. The number of carbonyl (C=O) groups excluding carboxylic acids is 2. The Hall–Kier alpha value is -2.85. The number of aliphatic carboxylic acids is 1. The lowest BCUT2D eigenvalue weighted by Crippen LogP contribution is -2.46. The summed E-state index contributed by atoms with van der Waals surface area (Å²) in [7, 11) is 8.27. The largest absolute Gasteiger partial charge is 0.493 e. The van der Waals surface area contributed by atoms with Gasteiger partial charge in [0.2, 0.25) is 5.91 Å². The summed E-state index contributed by atoms with van der Waals surface area (Å²) in [6.07, 6.45) is 4.22. The number of carboxylic acids is 1. The van der Waals surface area contributed by atoms with E-state index in [0.717, 1.165) is 60.1 Å². The highest BCUT2D eigenvalue weighted by molar-refractivity contribution is 5.79. The molecule has 228 valence electrons. The van der Waals surface area contributed by atoms with Crippen molar-refractivity contribution in [1.82, 2.24) is 19.6 Å². The molecule has 10 nitrogen and oxygen atoms in total. The highest BCUT2D eigenvalue weighted by atomic mass is 16.5. The minimum Gasteiger partial charge on any atom is -0.493 e. The van der Waals surface area contributed by atoms with Crippen molar-refractivity contribution in [3.05, 3.63) is 29.3 Å². The van der Waals surface area contributed by atoms with E-state index in [2.05, 4.69) is 39.0 Å². The van der Waals surface area contributed by atoms with Crippen molar-refractivity contribution < 1.29 is 28.7 Å². The van der Waals surface area contributed by atoms with Crippen LogP contribution in [0, 0.1) is 5.92 Å². The zero-order chi connectivity index (χ0) is 29.7. The number of hydrogen-bond acceptors (Lipinski definition) is 5. The Balaban J connectivity index is 1.55. The number of urea groups is 1. The molecule has 0 unspecified atom stereocenters. The van der Waals surface area contributed by atoms with Crippen molar-refractivity contribution in [2.24, 2.45) is 5.92 Å². The Bertz CT molecular complexity index is 1090. The van der Waals surface area contributed by atoms with Crippen molar-refractivity contribution in [3.8, 4) is 5.75 Å². The Morgan fingerprint density at radius 2 is 1.90 bits per heavy atom. The third-order valence-electron chi connectivity index (χ3n) is 8.90. The zero-order valence-corrected chi connectivity index (χ0v) is 25.7. The summed E-state index contributed by atoms with van der Waals surface area (Å²) >= 11 is 0. The third kappa shape index (κ3) is 7.71. The number of unbranched alkanes of at least 4 members (excludes halogenated alkanes) is 1. The van der Waals surface area contributed by atoms with Crippen LogP contribution in [0.3, 0.4) is 0 Å². The zero-order valence-electron chi connectivity index (χ0n) is 25.7. The molecular formula is C31H50N5O5+. The van der Waals surface area contributed by atoms with Gasteiger partial charge in [0.1, 0.15) is 5.75 Å². The minimum absolute atomic E-state index is 0.0179. The number of fused-ring (bicyclic) bond motifs is 1. The Kier molecular flexibility index (Phi) is 10.2. The molecule has 0 saturated carbocycles. The van der Waals surface area contributed by atoms with Gasteiger partial charge in [0.15, 0.2) is 0 Å². The van der Waals surface area contributed by atoms with Crippen LogP contribution in [0.25, 0.3) is 0 Å². The first-order chi connectivity index (χ1) is 19.5. The third-order valence-corrected chi connectivity index (χ3v) is 8.90. The molecule has 3 aliphatic heterocycles. The summed E-state index contributed by atoms with van der Waals surface area (Å²) in [6, 6.07) is 5.69. The summed E-state index contributed by atoms with van der Waals surface area (Å²) in [5, 5.41) is 10.5. The predicted octanol–water partition coefficient (Wildman–Crippen LogP) is 2.57. The number of likely N-dealkylation sites (N-methyl/N-ethyl adjacent to an activating group) is 1. The number of amides is 3. The molecule has 1 aromatic rings. The second-order valence-corrected chi connectivity index (χ2v) is 13.0. The van der Waals surface area contributed by atoms with Crippen LogP contribution < -0.4 is 4.74 Å². The van der Waals surface area contributed by atoms with E-state index in [9.17, 15) is 19.5 Å². The maximum Gasteiger partial charge on any atom is 0.319 e. The molecule has 0 aromatic heterocycles. The van der Waals surface area contributed by atoms with Gasteiger partial charge >= 0.3 is 12.0 Å². The van der Waals surface area contributed by atoms with Gasteiger partial charge in [-0.05, 0) is 30.0 Å². The number of carbonyl (C=O) groups is 3. The van der Waals surface area contributed by atoms with E-state index in [1.807, 2.05) is 17.0 Å². The predicted molar refractivity (Wildman–Crippen MR) is 158 cm³/mol. The van der Waals surface area contributed by atoms with E-state index >= 15 is 0 Å². The molecule has 3 amide bonds. The van der Waals surface area contributed by atoms with Crippen molar-refractivity contribution in [2.75, 3.05) is 87.2 Å². The lowest BCUT2D eigenvalue weighted by atomic mass is 9.83. The number of quaternary nitrogens is 1. The molecule has 0 radical (unpaired) electrons. The van der Waals surface area contributed by atoms with E-state index in [1.54, 1.807) is 16.8 Å². The van der Waals surface area contributed by atoms with E-state index in [0.29, 0.717) is 45.8 Å². The van der Waals surface area contributed by atoms with Gasteiger partial charge in [0, 0.05) is 71.1 Å². The Morgan fingerprint density at radius 3 is 2.56 bits per heavy atom. The maximum atomic E-state index is 13.8. The normalized spacial score (nSPS) is 22.8. The molecule has 1 aromatic carbocycles. The first-order valence-electron chi connectivity index (χ1n) is 15.3. The highest BCUT2D eigenvalue weighted by Gasteiger charge is 2.47. The smallest absolute Gasteiger partial charge is 0.319 e. The number of nitrogens with zero attached hydrogens (tertiary/aromatic N) is 5.